The van der Waals surface area contributed by atoms with Gasteiger partial charge in [-0.1, -0.05) is 12.1 Å². The maximum absolute atomic E-state index is 12.7. The Balaban J connectivity index is 3.24. The molecule has 0 saturated carbocycles. The van der Waals surface area contributed by atoms with Crippen molar-refractivity contribution >= 4 is 5.97 Å². The topological polar surface area (TPSA) is 37.3 Å². The van der Waals surface area contributed by atoms with Crippen LogP contribution in [0, 0.1) is 0 Å². The standard InChI is InChI=1S/C11H11F3O2/c1-10(2,11(12,13)14)8-5-3-4-7(6-8)9(15)16/h3-6H,1-2H3,(H,15,16). The van der Waals surface area contributed by atoms with Crippen LogP contribution >= 0.6 is 0 Å². The van der Waals surface area contributed by atoms with Gasteiger partial charge in [0.05, 0.1) is 11.0 Å². The maximum Gasteiger partial charge on any atom is 0.397 e. The third kappa shape index (κ3) is 2.18. The molecule has 0 bridgehead atoms. The number of hydrogen-bond donors (Lipinski definition) is 1. The average Bonchev–Trinajstić information content (AvgIpc) is 2.16. The predicted octanol–water partition coefficient (Wildman–Crippen LogP) is 3.22. The van der Waals surface area contributed by atoms with Crippen molar-refractivity contribution in [1.82, 2.24) is 0 Å². The van der Waals surface area contributed by atoms with Crippen molar-refractivity contribution in [2.75, 3.05) is 0 Å². The van der Waals surface area contributed by atoms with Crippen molar-refractivity contribution in [3.8, 4) is 0 Å². The van der Waals surface area contributed by atoms with E-state index >= 15 is 0 Å². The molecule has 0 amide bonds. The first-order chi connectivity index (χ1) is 7.16. The highest BCUT2D eigenvalue weighted by Crippen LogP contribution is 2.40. The van der Waals surface area contributed by atoms with E-state index in [1.165, 1.54) is 18.2 Å². The number of rotatable bonds is 2. The van der Waals surface area contributed by atoms with E-state index in [1.807, 2.05) is 0 Å². The summed E-state index contributed by atoms with van der Waals surface area (Å²) in [6, 6.07) is 4.90. The van der Waals surface area contributed by atoms with Crippen LogP contribution in [0.4, 0.5) is 13.2 Å². The molecule has 0 heterocycles. The number of aromatic carboxylic acids is 1. The molecule has 0 fully saturated rings. The molecular weight excluding hydrogens is 221 g/mol. The molecule has 1 rings (SSSR count). The van der Waals surface area contributed by atoms with Crippen LogP contribution in [0.25, 0.3) is 0 Å². The van der Waals surface area contributed by atoms with E-state index in [-0.39, 0.29) is 11.1 Å². The van der Waals surface area contributed by atoms with Gasteiger partial charge in [-0.3, -0.25) is 0 Å². The molecule has 16 heavy (non-hydrogen) atoms. The summed E-state index contributed by atoms with van der Waals surface area (Å²) >= 11 is 0. The Labute approximate surface area is 90.7 Å². The lowest BCUT2D eigenvalue weighted by atomic mass is 9.83. The first-order valence-electron chi connectivity index (χ1n) is 4.57. The van der Waals surface area contributed by atoms with Gasteiger partial charge in [0.25, 0.3) is 0 Å². The molecule has 0 aliphatic heterocycles. The molecule has 0 saturated heterocycles. The molecule has 1 N–H and O–H groups in total. The molecule has 0 aliphatic carbocycles. The molecule has 0 atom stereocenters. The van der Waals surface area contributed by atoms with Gasteiger partial charge >= 0.3 is 12.1 Å². The minimum Gasteiger partial charge on any atom is -0.478 e. The highest BCUT2D eigenvalue weighted by atomic mass is 19.4. The molecule has 5 heteroatoms. The van der Waals surface area contributed by atoms with Gasteiger partial charge in [-0.05, 0) is 31.5 Å². The molecule has 0 unspecified atom stereocenters. The number of halogens is 3. The SMILES string of the molecule is CC(C)(c1cccc(C(=O)O)c1)C(F)(F)F. The van der Waals surface area contributed by atoms with Crippen molar-refractivity contribution in [1.29, 1.82) is 0 Å². The summed E-state index contributed by atoms with van der Waals surface area (Å²) in [5.41, 5.74) is -2.26. The number of alkyl halides is 3. The molecular formula is C11H11F3O2. The zero-order valence-corrected chi connectivity index (χ0v) is 8.80. The second-order valence-corrected chi connectivity index (χ2v) is 4.01. The molecule has 1 aromatic carbocycles. The van der Waals surface area contributed by atoms with Crippen molar-refractivity contribution in [2.24, 2.45) is 0 Å². The minimum atomic E-state index is -4.41. The number of carbonyl (C=O) groups is 1. The van der Waals surface area contributed by atoms with Gasteiger partial charge in [-0.15, -0.1) is 0 Å². The van der Waals surface area contributed by atoms with E-state index in [9.17, 15) is 18.0 Å². The fraction of sp³-hybridized carbons (Fsp3) is 0.364. The number of benzene rings is 1. The Morgan fingerprint density at radius 1 is 1.25 bits per heavy atom. The molecule has 1 aromatic rings. The van der Waals surface area contributed by atoms with E-state index < -0.39 is 17.6 Å². The van der Waals surface area contributed by atoms with Crippen molar-refractivity contribution in [3.05, 3.63) is 35.4 Å². The lowest BCUT2D eigenvalue weighted by Crippen LogP contribution is -2.36. The van der Waals surface area contributed by atoms with Crippen molar-refractivity contribution < 1.29 is 23.1 Å². The predicted molar refractivity (Wildman–Crippen MR) is 52.5 cm³/mol. The van der Waals surface area contributed by atoms with Crippen LogP contribution in [0.5, 0.6) is 0 Å². The molecule has 0 aromatic heterocycles. The van der Waals surface area contributed by atoms with Crippen LogP contribution in [0.1, 0.15) is 29.8 Å². The van der Waals surface area contributed by atoms with Gasteiger partial charge < -0.3 is 5.11 Å². The van der Waals surface area contributed by atoms with Gasteiger partial charge in [0.15, 0.2) is 0 Å². The molecule has 0 radical (unpaired) electrons. The fourth-order valence-electron chi connectivity index (χ4n) is 1.20. The minimum absolute atomic E-state index is 0.0556. The van der Waals surface area contributed by atoms with Gasteiger partial charge in [0.2, 0.25) is 0 Å². The van der Waals surface area contributed by atoms with Crippen LogP contribution in [0.2, 0.25) is 0 Å². The lowest BCUT2D eigenvalue weighted by Gasteiger charge is -2.28. The van der Waals surface area contributed by atoms with Crippen LogP contribution in [0.3, 0.4) is 0 Å². The van der Waals surface area contributed by atoms with Gasteiger partial charge in [-0.25, -0.2) is 4.79 Å². The first kappa shape index (κ1) is 12.5. The largest absolute Gasteiger partial charge is 0.478 e. The summed E-state index contributed by atoms with van der Waals surface area (Å²) < 4.78 is 38.1. The van der Waals surface area contributed by atoms with Gasteiger partial charge in [0.1, 0.15) is 0 Å². The molecule has 0 aliphatic rings. The fourth-order valence-corrected chi connectivity index (χ4v) is 1.20. The van der Waals surface area contributed by atoms with Gasteiger partial charge in [0, 0.05) is 0 Å². The summed E-state index contributed by atoms with van der Waals surface area (Å²) in [5.74, 6) is -1.24. The maximum atomic E-state index is 12.7. The summed E-state index contributed by atoms with van der Waals surface area (Å²) in [5, 5.41) is 8.70. The second-order valence-electron chi connectivity index (χ2n) is 4.01. The monoisotopic (exact) mass is 232 g/mol. The second kappa shape index (κ2) is 3.81. The normalized spacial score (nSPS) is 12.6. The highest BCUT2D eigenvalue weighted by Gasteiger charge is 2.48. The molecule has 0 spiro atoms. The number of hydrogen-bond acceptors (Lipinski definition) is 1. The van der Waals surface area contributed by atoms with E-state index in [1.54, 1.807) is 0 Å². The summed E-state index contributed by atoms with van der Waals surface area (Å²) in [6.07, 6.45) is -4.41. The van der Waals surface area contributed by atoms with Crippen LogP contribution in [-0.2, 0) is 5.41 Å². The number of carboxylic acid groups (broad SMARTS) is 1. The molecule has 88 valence electrons. The average molecular weight is 232 g/mol. The van der Waals surface area contributed by atoms with Crippen molar-refractivity contribution in [3.63, 3.8) is 0 Å². The Morgan fingerprint density at radius 3 is 2.25 bits per heavy atom. The van der Waals surface area contributed by atoms with E-state index in [0.29, 0.717) is 0 Å². The van der Waals surface area contributed by atoms with Crippen LogP contribution < -0.4 is 0 Å². The smallest absolute Gasteiger partial charge is 0.397 e. The quantitative estimate of drug-likeness (QED) is 0.849. The Hall–Kier alpha value is -1.52. The Bertz CT molecular complexity index is 408. The van der Waals surface area contributed by atoms with E-state index in [2.05, 4.69) is 0 Å². The first-order valence-corrected chi connectivity index (χ1v) is 4.57. The van der Waals surface area contributed by atoms with Crippen LogP contribution in [0.15, 0.2) is 24.3 Å². The number of carboxylic acids is 1. The van der Waals surface area contributed by atoms with Gasteiger partial charge in [-0.2, -0.15) is 13.2 Å². The zero-order chi connectivity index (χ0) is 12.6. The Kier molecular flexibility index (Phi) is 2.99. The third-order valence-corrected chi connectivity index (χ3v) is 2.54. The third-order valence-electron chi connectivity index (χ3n) is 2.54. The zero-order valence-electron chi connectivity index (χ0n) is 8.80. The highest BCUT2D eigenvalue weighted by molar-refractivity contribution is 5.87. The van der Waals surface area contributed by atoms with Crippen molar-refractivity contribution in [2.45, 2.75) is 25.4 Å². The van der Waals surface area contributed by atoms with Crippen LogP contribution in [-0.4, -0.2) is 17.3 Å². The lowest BCUT2D eigenvalue weighted by molar-refractivity contribution is -0.180. The molecule has 2 nitrogen and oxygen atoms in total. The Morgan fingerprint density at radius 2 is 1.81 bits per heavy atom. The summed E-state index contributed by atoms with van der Waals surface area (Å²) in [7, 11) is 0. The summed E-state index contributed by atoms with van der Waals surface area (Å²) in [4.78, 5) is 10.6. The summed E-state index contributed by atoms with van der Waals surface area (Å²) in [6.45, 7) is 2.04. The van der Waals surface area contributed by atoms with E-state index in [0.717, 1.165) is 19.9 Å². The van der Waals surface area contributed by atoms with E-state index in [4.69, 9.17) is 5.11 Å².